The topological polar surface area (TPSA) is 75.3 Å². The third-order valence-electron chi connectivity index (χ3n) is 5.27. The monoisotopic (exact) mass is 382 g/mol. The summed E-state index contributed by atoms with van der Waals surface area (Å²) in [5.74, 6) is 0.533. The summed E-state index contributed by atoms with van der Waals surface area (Å²) in [5.41, 5.74) is 0.640. The number of nitrogens with zero attached hydrogens (tertiary/aromatic N) is 4. The summed E-state index contributed by atoms with van der Waals surface area (Å²) < 4.78 is 45.7. The number of hydrogen-bond donors (Lipinski definition) is 1. The molecule has 0 radical (unpaired) electrons. The standard InChI is InChI=1S/C18H21F3N4O2/c1-10-6-12(27-24-10)7-11-8-25(9-15(11)26)17-22-14-5-3-2-4-13(14)16(23-17)18(19,20)21/h6,11,15,26H,2-5,7-9H2,1H3/t11-,15+/m1/s1. The molecule has 27 heavy (non-hydrogen) atoms. The molecule has 3 heterocycles. The molecule has 2 aliphatic rings. The van der Waals surface area contributed by atoms with Crippen LogP contribution in [0.2, 0.25) is 0 Å². The fourth-order valence-corrected chi connectivity index (χ4v) is 3.95. The van der Waals surface area contributed by atoms with Crippen molar-refractivity contribution in [3.63, 3.8) is 0 Å². The van der Waals surface area contributed by atoms with Gasteiger partial charge in [0.1, 0.15) is 5.76 Å². The molecule has 0 aromatic carbocycles. The summed E-state index contributed by atoms with van der Waals surface area (Å²) in [6, 6.07) is 1.80. The average Bonchev–Trinajstić information content (AvgIpc) is 3.19. The van der Waals surface area contributed by atoms with E-state index in [1.165, 1.54) is 0 Å². The van der Waals surface area contributed by atoms with Gasteiger partial charge in [0.2, 0.25) is 5.95 Å². The van der Waals surface area contributed by atoms with Crippen LogP contribution in [0.5, 0.6) is 0 Å². The second-order valence-electron chi connectivity index (χ2n) is 7.37. The minimum atomic E-state index is -4.51. The van der Waals surface area contributed by atoms with Crippen molar-refractivity contribution in [2.75, 3.05) is 18.0 Å². The summed E-state index contributed by atoms with van der Waals surface area (Å²) >= 11 is 0. The first kappa shape index (κ1) is 18.2. The number of β-amino-alcohol motifs (C(OH)–C–C–N with tert-alkyl or cyclic N) is 1. The average molecular weight is 382 g/mol. The van der Waals surface area contributed by atoms with E-state index in [1.54, 1.807) is 11.0 Å². The zero-order chi connectivity index (χ0) is 19.2. The first-order valence-corrected chi connectivity index (χ1v) is 9.13. The fourth-order valence-electron chi connectivity index (χ4n) is 3.95. The van der Waals surface area contributed by atoms with Gasteiger partial charge in [0.25, 0.3) is 0 Å². The van der Waals surface area contributed by atoms with Crippen LogP contribution in [-0.4, -0.2) is 39.4 Å². The van der Waals surface area contributed by atoms with E-state index in [9.17, 15) is 18.3 Å². The Hall–Kier alpha value is -2.16. The van der Waals surface area contributed by atoms with E-state index in [-0.39, 0.29) is 24.0 Å². The lowest BCUT2D eigenvalue weighted by Crippen LogP contribution is -2.27. The van der Waals surface area contributed by atoms with Gasteiger partial charge in [0.15, 0.2) is 5.69 Å². The minimum Gasteiger partial charge on any atom is -0.391 e. The number of aryl methyl sites for hydroxylation is 2. The van der Waals surface area contributed by atoms with E-state index >= 15 is 0 Å². The van der Waals surface area contributed by atoms with E-state index in [1.807, 2.05) is 6.92 Å². The van der Waals surface area contributed by atoms with Gasteiger partial charge in [-0.3, -0.25) is 0 Å². The smallest absolute Gasteiger partial charge is 0.391 e. The van der Waals surface area contributed by atoms with Crippen LogP contribution >= 0.6 is 0 Å². The first-order valence-electron chi connectivity index (χ1n) is 9.13. The maximum Gasteiger partial charge on any atom is 0.433 e. The Balaban J connectivity index is 1.60. The summed E-state index contributed by atoms with van der Waals surface area (Å²) in [6.07, 6.45) is -2.28. The summed E-state index contributed by atoms with van der Waals surface area (Å²) in [5, 5.41) is 14.2. The number of fused-ring (bicyclic) bond motifs is 1. The third-order valence-corrected chi connectivity index (χ3v) is 5.27. The second kappa shape index (κ2) is 6.78. The molecule has 1 saturated heterocycles. The van der Waals surface area contributed by atoms with Crippen molar-refractivity contribution in [3.8, 4) is 0 Å². The predicted octanol–water partition coefficient (Wildman–Crippen LogP) is 2.71. The molecule has 146 valence electrons. The molecule has 1 aliphatic carbocycles. The van der Waals surface area contributed by atoms with Gasteiger partial charge in [-0.05, 0) is 32.6 Å². The van der Waals surface area contributed by atoms with Crippen molar-refractivity contribution < 1.29 is 22.8 Å². The summed E-state index contributed by atoms with van der Waals surface area (Å²) in [6.45, 7) is 2.38. The molecule has 6 nitrogen and oxygen atoms in total. The fraction of sp³-hybridized carbons (Fsp3) is 0.611. The highest BCUT2D eigenvalue weighted by Crippen LogP contribution is 2.36. The van der Waals surface area contributed by atoms with Gasteiger partial charge in [0.05, 0.1) is 11.8 Å². The molecule has 0 amide bonds. The van der Waals surface area contributed by atoms with E-state index in [2.05, 4.69) is 15.1 Å². The molecule has 1 fully saturated rings. The van der Waals surface area contributed by atoms with Crippen LogP contribution in [0.4, 0.5) is 19.1 Å². The van der Waals surface area contributed by atoms with Crippen LogP contribution in [0.15, 0.2) is 10.6 Å². The number of hydrogen-bond acceptors (Lipinski definition) is 6. The van der Waals surface area contributed by atoms with E-state index < -0.39 is 18.0 Å². The van der Waals surface area contributed by atoms with Gasteiger partial charge in [-0.15, -0.1) is 0 Å². The molecule has 1 aliphatic heterocycles. The lowest BCUT2D eigenvalue weighted by molar-refractivity contribution is -0.142. The number of alkyl halides is 3. The van der Waals surface area contributed by atoms with Crippen LogP contribution < -0.4 is 4.90 Å². The Morgan fingerprint density at radius 2 is 2.00 bits per heavy atom. The Morgan fingerprint density at radius 1 is 1.22 bits per heavy atom. The highest BCUT2D eigenvalue weighted by molar-refractivity contribution is 5.41. The van der Waals surface area contributed by atoms with Crippen molar-refractivity contribution >= 4 is 5.95 Å². The molecule has 2 atom stereocenters. The Labute approximate surface area is 154 Å². The van der Waals surface area contributed by atoms with Crippen molar-refractivity contribution in [1.29, 1.82) is 0 Å². The highest BCUT2D eigenvalue weighted by Gasteiger charge is 2.40. The maximum atomic E-state index is 13.5. The molecule has 0 spiro atoms. The minimum absolute atomic E-state index is 0.0540. The molecule has 1 N–H and O–H groups in total. The number of aliphatic hydroxyl groups is 1. The Kier molecular flexibility index (Phi) is 4.57. The quantitative estimate of drug-likeness (QED) is 0.880. The molecule has 2 aromatic rings. The normalized spacial score (nSPS) is 22.9. The van der Waals surface area contributed by atoms with Crippen LogP contribution in [0.1, 0.15) is 41.2 Å². The first-order chi connectivity index (χ1) is 12.8. The zero-order valence-electron chi connectivity index (χ0n) is 15.0. The Morgan fingerprint density at radius 3 is 2.70 bits per heavy atom. The number of anilines is 1. The van der Waals surface area contributed by atoms with Crippen LogP contribution in [0.25, 0.3) is 0 Å². The molecule has 4 rings (SSSR count). The van der Waals surface area contributed by atoms with Crippen molar-refractivity contribution in [1.82, 2.24) is 15.1 Å². The largest absolute Gasteiger partial charge is 0.433 e. The van der Waals surface area contributed by atoms with Gasteiger partial charge in [-0.1, -0.05) is 5.16 Å². The predicted molar refractivity (Wildman–Crippen MR) is 90.3 cm³/mol. The molecule has 0 unspecified atom stereocenters. The lowest BCUT2D eigenvalue weighted by Gasteiger charge is -2.23. The van der Waals surface area contributed by atoms with E-state index in [0.29, 0.717) is 37.3 Å². The molecule has 0 bridgehead atoms. The number of aromatic nitrogens is 3. The molecule has 0 saturated carbocycles. The van der Waals surface area contributed by atoms with Crippen LogP contribution in [0.3, 0.4) is 0 Å². The van der Waals surface area contributed by atoms with Gasteiger partial charge < -0.3 is 14.5 Å². The Bertz CT molecular complexity index is 836. The third kappa shape index (κ3) is 3.65. The summed E-state index contributed by atoms with van der Waals surface area (Å²) in [7, 11) is 0. The number of halogens is 3. The highest BCUT2D eigenvalue weighted by atomic mass is 19.4. The van der Waals surface area contributed by atoms with Gasteiger partial charge in [-0.2, -0.15) is 13.2 Å². The van der Waals surface area contributed by atoms with Gasteiger partial charge >= 0.3 is 6.18 Å². The molecule has 2 aromatic heterocycles. The van der Waals surface area contributed by atoms with E-state index in [0.717, 1.165) is 18.5 Å². The van der Waals surface area contributed by atoms with Crippen molar-refractivity contribution in [3.05, 3.63) is 34.5 Å². The van der Waals surface area contributed by atoms with Crippen molar-refractivity contribution in [2.24, 2.45) is 5.92 Å². The van der Waals surface area contributed by atoms with Crippen LogP contribution in [-0.2, 0) is 25.4 Å². The lowest BCUT2D eigenvalue weighted by atomic mass is 9.94. The second-order valence-corrected chi connectivity index (χ2v) is 7.37. The number of aliphatic hydroxyl groups excluding tert-OH is 1. The zero-order valence-corrected chi connectivity index (χ0v) is 15.0. The van der Waals surface area contributed by atoms with Gasteiger partial charge in [-0.25, -0.2) is 9.97 Å². The van der Waals surface area contributed by atoms with Crippen molar-refractivity contribution in [2.45, 2.75) is 51.3 Å². The molecular formula is C18H21F3N4O2. The van der Waals surface area contributed by atoms with Gasteiger partial charge in [0, 0.05) is 42.8 Å². The van der Waals surface area contributed by atoms with Crippen LogP contribution in [0, 0.1) is 12.8 Å². The molecule has 9 heteroatoms. The SMILES string of the molecule is Cc1cc(C[C@@H]2CN(c3nc4c(c(C(F)(F)F)n3)CCCC4)C[C@@H]2O)on1. The van der Waals surface area contributed by atoms with E-state index in [4.69, 9.17) is 4.52 Å². The summed E-state index contributed by atoms with van der Waals surface area (Å²) in [4.78, 5) is 9.92. The number of rotatable bonds is 3. The maximum absolute atomic E-state index is 13.5. The molecular weight excluding hydrogens is 361 g/mol.